The highest BCUT2D eigenvalue weighted by Crippen LogP contribution is 2.32. The van der Waals surface area contributed by atoms with Gasteiger partial charge in [0.25, 0.3) is 0 Å². The first-order valence-electron chi connectivity index (χ1n) is 5.04. The van der Waals surface area contributed by atoms with Crippen LogP contribution < -0.4 is 11.1 Å². The number of nitrogens with one attached hydrogen (secondary N) is 1. The summed E-state index contributed by atoms with van der Waals surface area (Å²) in [6.07, 6.45) is 0. The Bertz CT molecular complexity index is 435. The highest BCUT2D eigenvalue weighted by molar-refractivity contribution is 6.44. The molecule has 0 saturated heterocycles. The highest BCUT2D eigenvalue weighted by Gasteiger charge is 2.18. The molecule has 0 saturated carbocycles. The molecule has 0 aliphatic heterocycles. The molecule has 3 N–H and O–H groups in total. The van der Waals surface area contributed by atoms with Crippen LogP contribution in [0, 0.1) is 5.92 Å². The van der Waals surface area contributed by atoms with Crippen LogP contribution in [0.1, 0.15) is 13.8 Å². The Morgan fingerprint density at radius 1 is 1.18 bits per heavy atom. The molecule has 1 amide bonds. The first-order valence-corrected chi connectivity index (χ1v) is 6.17. The van der Waals surface area contributed by atoms with Gasteiger partial charge in [-0.25, -0.2) is 0 Å². The molecular weight excluding hydrogens is 282 g/mol. The maximum Gasteiger partial charge on any atom is 0.241 e. The van der Waals surface area contributed by atoms with Gasteiger partial charge in [0.2, 0.25) is 5.91 Å². The fourth-order valence-corrected chi connectivity index (χ4v) is 1.73. The van der Waals surface area contributed by atoms with E-state index in [0.717, 1.165) is 0 Å². The van der Waals surface area contributed by atoms with Crippen LogP contribution in [0.4, 0.5) is 5.69 Å². The summed E-state index contributed by atoms with van der Waals surface area (Å²) in [5.41, 5.74) is 6.12. The number of amides is 1. The lowest BCUT2D eigenvalue weighted by Crippen LogP contribution is -2.39. The van der Waals surface area contributed by atoms with Gasteiger partial charge in [0.1, 0.15) is 0 Å². The Morgan fingerprint density at radius 3 is 2.24 bits per heavy atom. The van der Waals surface area contributed by atoms with Gasteiger partial charge in [-0.05, 0) is 18.1 Å². The maximum atomic E-state index is 11.7. The Hall–Kier alpha value is -0.480. The normalized spacial score (nSPS) is 12.6. The van der Waals surface area contributed by atoms with Crippen LogP contribution in [0.15, 0.2) is 12.1 Å². The third-order valence-electron chi connectivity index (χ3n) is 2.29. The molecule has 1 aromatic carbocycles. The predicted molar refractivity (Wildman–Crippen MR) is 72.9 cm³/mol. The van der Waals surface area contributed by atoms with E-state index in [-0.39, 0.29) is 11.8 Å². The van der Waals surface area contributed by atoms with Gasteiger partial charge in [0.15, 0.2) is 0 Å². The lowest BCUT2D eigenvalue weighted by atomic mass is 10.1. The first kappa shape index (κ1) is 14.6. The molecule has 0 heterocycles. The van der Waals surface area contributed by atoms with Crippen molar-refractivity contribution in [1.82, 2.24) is 0 Å². The summed E-state index contributed by atoms with van der Waals surface area (Å²) in [7, 11) is 0. The van der Waals surface area contributed by atoms with Crippen LogP contribution in [-0.4, -0.2) is 11.9 Å². The largest absolute Gasteiger partial charge is 0.323 e. The van der Waals surface area contributed by atoms with Gasteiger partial charge in [-0.1, -0.05) is 48.7 Å². The lowest BCUT2D eigenvalue weighted by Gasteiger charge is -2.16. The molecule has 0 aromatic heterocycles. The minimum Gasteiger partial charge on any atom is -0.323 e. The van der Waals surface area contributed by atoms with Gasteiger partial charge in [0.05, 0.1) is 26.8 Å². The van der Waals surface area contributed by atoms with E-state index in [9.17, 15) is 4.79 Å². The summed E-state index contributed by atoms with van der Waals surface area (Å²) in [4.78, 5) is 11.7. The molecule has 3 nitrogen and oxygen atoms in total. The number of anilines is 1. The van der Waals surface area contributed by atoms with Crippen molar-refractivity contribution in [3.05, 3.63) is 27.2 Å². The molecule has 0 aliphatic carbocycles. The van der Waals surface area contributed by atoms with E-state index in [0.29, 0.717) is 20.8 Å². The van der Waals surface area contributed by atoms with Crippen molar-refractivity contribution in [3.63, 3.8) is 0 Å². The van der Waals surface area contributed by atoms with Gasteiger partial charge in [-0.3, -0.25) is 4.79 Å². The molecule has 1 rings (SSSR count). The van der Waals surface area contributed by atoms with Crippen molar-refractivity contribution in [2.45, 2.75) is 19.9 Å². The van der Waals surface area contributed by atoms with Gasteiger partial charge in [-0.15, -0.1) is 0 Å². The molecule has 6 heteroatoms. The molecule has 0 fully saturated rings. The van der Waals surface area contributed by atoms with Gasteiger partial charge < -0.3 is 11.1 Å². The Morgan fingerprint density at radius 2 is 1.71 bits per heavy atom. The zero-order valence-corrected chi connectivity index (χ0v) is 11.7. The molecule has 0 bridgehead atoms. The molecule has 1 atom stereocenters. The SMILES string of the molecule is CC(C)[C@@H](N)C(=O)Nc1cc(Cl)c(Cl)cc1Cl. The minimum absolute atomic E-state index is 0.0385. The van der Waals surface area contributed by atoms with Crippen molar-refractivity contribution in [1.29, 1.82) is 0 Å². The standard InChI is InChI=1S/C11H13Cl3N2O/c1-5(2)10(15)11(17)16-9-4-7(13)6(12)3-8(9)14/h3-5,10H,15H2,1-2H3,(H,16,17)/t10-/m1/s1. The van der Waals surface area contributed by atoms with Crippen LogP contribution in [0.5, 0.6) is 0 Å². The third-order valence-corrected chi connectivity index (χ3v) is 3.32. The van der Waals surface area contributed by atoms with E-state index in [1.165, 1.54) is 12.1 Å². The zero-order chi connectivity index (χ0) is 13.2. The number of hydrogen-bond donors (Lipinski definition) is 2. The third kappa shape index (κ3) is 3.75. The van der Waals surface area contributed by atoms with Crippen LogP contribution in [0.25, 0.3) is 0 Å². The minimum atomic E-state index is -0.597. The van der Waals surface area contributed by atoms with E-state index in [4.69, 9.17) is 40.5 Å². The molecular formula is C11H13Cl3N2O. The van der Waals surface area contributed by atoms with Crippen molar-refractivity contribution in [3.8, 4) is 0 Å². The second kappa shape index (κ2) is 5.91. The number of carbonyl (C=O) groups excluding carboxylic acids is 1. The van der Waals surface area contributed by atoms with E-state index >= 15 is 0 Å². The summed E-state index contributed by atoms with van der Waals surface area (Å²) in [6.45, 7) is 3.72. The topological polar surface area (TPSA) is 55.1 Å². The molecule has 0 aliphatic rings. The molecule has 0 spiro atoms. The van der Waals surface area contributed by atoms with Crippen LogP contribution in [-0.2, 0) is 4.79 Å². The maximum absolute atomic E-state index is 11.7. The Labute approximate surface area is 115 Å². The Kier molecular flexibility index (Phi) is 5.07. The lowest BCUT2D eigenvalue weighted by molar-refractivity contribution is -0.118. The Balaban J connectivity index is 2.89. The van der Waals surface area contributed by atoms with Crippen molar-refractivity contribution < 1.29 is 4.79 Å². The summed E-state index contributed by atoms with van der Waals surface area (Å²) in [5.74, 6) is -0.267. The van der Waals surface area contributed by atoms with Crippen molar-refractivity contribution in [2.24, 2.45) is 11.7 Å². The van der Waals surface area contributed by atoms with Crippen molar-refractivity contribution in [2.75, 3.05) is 5.32 Å². The summed E-state index contributed by atoms with van der Waals surface area (Å²) < 4.78 is 0. The van der Waals surface area contributed by atoms with Gasteiger partial charge in [-0.2, -0.15) is 0 Å². The summed E-state index contributed by atoms with van der Waals surface area (Å²) >= 11 is 17.6. The highest BCUT2D eigenvalue weighted by atomic mass is 35.5. The quantitative estimate of drug-likeness (QED) is 0.838. The first-order chi connectivity index (χ1) is 7.82. The molecule has 0 radical (unpaired) electrons. The molecule has 0 unspecified atom stereocenters. The van der Waals surface area contributed by atoms with E-state index in [2.05, 4.69) is 5.32 Å². The van der Waals surface area contributed by atoms with Gasteiger partial charge >= 0.3 is 0 Å². The predicted octanol–water partition coefficient (Wildman–Crippen LogP) is 3.57. The average Bonchev–Trinajstić information content (AvgIpc) is 2.24. The fourth-order valence-electron chi connectivity index (χ4n) is 1.14. The van der Waals surface area contributed by atoms with Crippen LogP contribution in [0.2, 0.25) is 15.1 Å². The number of benzene rings is 1. The number of carbonyl (C=O) groups is 1. The van der Waals surface area contributed by atoms with Crippen LogP contribution >= 0.6 is 34.8 Å². The second-order valence-corrected chi connectivity index (χ2v) is 5.23. The summed E-state index contributed by atoms with van der Waals surface area (Å²) in [6, 6.07) is 2.37. The number of rotatable bonds is 3. The number of halogens is 3. The van der Waals surface area contributed by atoms with Crippen LogP contribution in [0.3, 0.4) is 0 Å². The van der Waals surface area contributed by atoms with E-state index in [1.807, 2.05) is 13.8 Å². The van der Waals surface area contributed by atoms with E-state index in [1.54, 1.807) is 0 Å². The van der Waals surface area contributed by atoms with E-state index < -0.39 is 6.04 Å². The number of nitrogens with two attached hydrogens (primary N) is 1. The molecule has 1 aromatic rings. The van der Waals surface area contributed by atoms with Gasteiger partial charge in [0, 0.05) is 0 Å². The fraction of sp³-hybridized carbons (Fsp3) is 0.364. The summed E-state index contributed by atoms with van der Waals surface area (Å²) in [5, 5.41) is 3.60. The zero-order valence-electron chi connectivity index (χ0n) is 9.43. The second-order valence-electron chi connectivity index (χ2n) is 4.01. The van der Waals surface area contributed by atoms with Crippen molar-refractivity contribution >= 4 is 46.4 Å². The smallest absolute Gasteiger partial charge is 0.241 e. The molecule has 94 valence electrons. The average molecular weight is 296 g/mol. The molecule has 17 heavy (non-hydrogen) atoms. The monoisotopic (exact) mass is 294 g/mol. The number of hydrogen-bond acceptors (Lipinski definition) is 2.